The zero-order chi connectivity index (χ0) is 14.8. The van der Waals surface area contributed by atoms with Gasteiger partial charge in [-0.2, -0.15) is 0 Å². The van der Waals surface area contributed by atoms with E-state index in [2.05, 4.69) is 9.97 Å². The summed E-state index contributed by atoms with van der Waals surface area (Å²) in [4.78, 5) is 30.2. The van der Waals surface area contributed by atoms with Crippen LogP contribution in [0, 0.1) is 0 Å². The van der Waals surface area contributed by atoms with Gasteiger partial charge in [0, 0.05) is 0 Å². The highest BCUT2D eigenvalue weighted by Crippen LogP contribution is 2.25. The number of primary amides is 1. The molecule has 0 bridgehead atoms. The molecule has 0 fully saturated rings. The van der Waals surface area contributed by atoms with Crippen molar-refractivity contribution in [1.29, 1.82) is 0 Å². The first-order chi connectivity index (χ1) is 10.2. The van der Waals surface area contributed by atoms with E-state index < -0.39 is 11.8 Å². The van der Waals surface area contributed by atoms with Crippen molar-refractivity contribution >= 4 is 16.8 Å². The average molecular weight is 279 g/mol. The Labute approximate surface area is 120 Å². The average Bonchev–Trinajstić information content (AvgIpc) is 2.48. The second-order valence-electron chi connectivity index (χ2n) is 4.75. The molecule has 0 spiro atoms. The molecule has 1 unspecified atom stereocenters. The van der Waals surface area contributed by atoms with E-state index in [0.29, 0.717) is 10.9 Å². The number of nitrogens with zero attached hydrogens (tertiary/aromatic N) is 1. The maximum Gasteiger partial charge on any atom is 0.258 e. The van der Waals surface area contributed by atoms with E-state index >= 15 is 0 Å². The van der Waals surface area contributed by atoms with Crippen LogP contribution in [0.15, 0.2) is 59.7 Å². The van der Waals surface area contributed by atoms with E-state index in [9.17, 15) is 9.59 Å². The lowest BCUT2D eigenvalue weighted by Crippen LogP contribution is -2.22. The monoisotopic (exact) mass is 279 g/mol. The lowest BCUT2D eigenvalue weighted by atomic mass is 9.90. The van der Waals surface area contributed by atoms with E-state index in [0.717, 1.165) is 11.1 Å². The Bertz CT molecular complexity index is 856. The molecule has 21 heavy (non-hydrogen) atoms. The summed E-state index contributed by atoms with van der Waals surface area (Å²) in [5.74, 6) is -0.998. The molecule has 0 saturated heterocycles. The van der Waals surface area contributed by atoms with E-state index in [1.165, 1.54) is 6.33 Å². The van der Waals surface area contributed by atoms with Crippen molar-refractivity contribution in [2.45, 2.75) is 5.92 Å². The van der Waals surface area contributed by atoms with Gasteiger partial charge in [0.1, 0.15) is 0 Å². The Kier molecular flexibility index (Phi) is 3.23. The molecule has 5 nitrogen and oxygen atoms in total. The normalized spacial score (nSPS) is 12.2. The van der Waals surface area contributed by atoms with Gasteiger partial charge in [-0.3, -0.25) is 9.59 Å². The molecule has 1 heterocycles. The second-order valence-corrected chi connectivity index (χ2v) is 4.75. The van der Waals surface area contributed by atoms with Crippen LogP contribution in [0.25, 0.3) is 10.9 Å². The molecule has 0 saturated carbocycles. The van der Waals surface area contributed by atoms with Gasteiger partial charge in [0.05, 0.1) is 23.1 Å². The Balaban J connectivity index is 2.17. The predicted octanol–water partition coefficient (Wildman–Crippen LogP) is 1.54. The molecule has 1 atom stereocenters. The number of carbonyl (C=O) groups is 1. The van der Waals surface area contributed by atoms with Gasteiger partial charge in [0.25, 0.3) is 5.56 Å². The molecule has 3 N–H and O–H groups in total. The summed E-state index contributed by atoms with van der Waals surface area (Å²) in [6.45, 7) is 0. The topological polar surface area (TPSA) is 88.8 Å². The van der Waals surface area contributed by atoms with Crippen LogP contribution in [0.1, 0.15) is 17.0 Å². The molecular weight excluding hydrogens is 266 g/mol. The van der Waals surface area contributed by atoms with Crippen molar-refractivity contribution < 1.29 is 4.79 Å². The maximum atomic E-state index is 11.8. The first-order valence-electron chi connectivity index (χ1n) is 6.48. The van der Waals surface area contributed by atoms with E-state index in [-0.39, 0.29) is 5.56 Å². The van der Waals surface area contributed by atoms with E-state index in [1.54, 1.807) is 18.2 Å². The minimum atomic E-state index is -0.559. The number of hydrogen-bond donors (Lipinski definition) is 2. The van der Waals surface area contributed by atoms with Crippen LogP contribution < -0.4 is 11.3 Å². The molecule has 3 rings (SSSR count). The second kappa shape index (κ2) is 5.20. The summed E-state index contributed by atoms with van der Waals surface area (Å²) in [6, 6.07) is 14.4. The van der Waals surface area contributed by atoms with Gasteiger partial charge in [-0.15, -0.1) is 0 Å². The van der Waals surface area contributed by atoms with Gasteiger partial charge in [-0.1, -0.05) is 36.4 Å². The third-order valence-electron chi connectivity index (χ3n) is 3.42. The minimum Gasteiger partial charge on any atom is -0.369 e. The van der Waals surface area contributed by atoms with Gasteiger partial charge in [0.2, 0.25) is 5.91 Å². The summed E-state index contributed by atoms with van der Waals surface area (Å²) in [5, 5.41) is 0.484. The minimum absolute atomic E-state index is 0.207. The molecule has 5 heteroatoms. The lowest BCUT2D eigenvalue weighted by molar-refractivity contribution is -0.118. The molecule has 0 aliphatic carbocycles. The third kappa shape index (κ3) is 2.41. The molecule has 1 aromatic heterocycles. The summed E-state index contributed by atoms with van der Waals surface area (Å²) < 4.78 is 0. The molecule has 1 amide bonds. The van der Waals surface area contributed by atoms with Crippen molar-refractivity contribution in [2.24, 2.45) is 5.73 Å². The summed E-state index contributed by atoms with van der Waals surface area (Å²) in [5.41, 5.74) is 7.42. The number of H-pyrrole nitrogens is 1. The van der Waals surface area contributed by atoms with Gasteiger partial charge < -0.3 is 10.7 Å². The van der Waals surface area contributed by atoms with Crippen molar-refractivity contribution in [3.05, 3.63) is 76.3 Å². The van der Waals surface area contributed by atoms with Crippen molar-refractivity contribution in [3.8, 4) is 0 Å². The molecular formula is C16H13N3O2. The van der Waals surface area contributed by atoms with Gasteiger partial charge >= 0.3 is 0 Å². The molecule has 0 aliphatic heterocycles. The first-order valence-corrected chi connectivity index (χ1v) is 6.48. The fourth-order valence-corrected chi connectivity index (χ4v) is 2.43. The van der Waals surface area contributed by atoms with Crippen LogP contribution in [-0.2, 0) is 4.79 Å². The van der Waals surface area contributed by atoms with E-state index in [4.69, 9.17) is 5.73 Å². The predicted molar refractivity (Wildman–Crippen MR) is 79.8 cm³/mol. The Hall–Kier alpha value is -2.95. The van der Waals surface area contributed by atoms with Crippen molar-refractivity contribution in [1.82, 2.24) is 9.97 Å². The number of carbonyl (C=O) groups excluding carboxylic acids is 1. The van der Waals surface area contributed by atoms with Crippen molar-refractivity contribution in [2.75, 3.05) is 0 Å². The maximum absolute atomic E-state index is 11.8. The Morgan fingerprint density at radius 3 is 2.57 bits per heavy atom. The van der Waals surface area contributed by atoms with Crippen molar-refractivity contribution in [3.63, 3.8) is 0 Å². The van der Waals surface area contributed by atoms with Crippen LogP contribution in [0.4, 0.5) is 0 Å². The molecule has 2 aromatic carbocycles. The summed E-state index contributed by atoms with van der Waals surface area (Å²) in [6.07, 6.45) is 1.34. The van der Waals surface area contributed by atoms with Gasteiger partial charge in [-0.25, -0.2) is 4.98 Å². The number of hydrogen-bond acceptors (Lipinski definition) is 3. The zero-order valence-electron chi connectivity index (χ0n) is 11.1. The molecule has 0 aliphatic rings. The highest BCUT2D eigenvalue weighted by atomic mass is 16.1. The lowest BCUT2D eigenvalue weighted by Gasteiger charge is -2.14. The van der Waals surface area contributed by atoms with Crippen LogP contribution >= 0.6 is 0 Å². The fraction of sp³-hybridized carbons (Fsp3) is 0.0625. The quantitative estimate of drug-likeness (QED) is 0.762. The third-order valence-corrected chi connectivity index (χ3v) is 3.42. The number of benzene rings is 2. The largest absolute Gasteiger partial charge is 0.369 e. The van der Waals surface area contributed by atoms with Crippen LogP contribution in [0.5, 0.6) is 0 Å². The summed E-state index contributed by atoms with van der Waals surface area (Å²) >= 11 is 0. The SMILES string of the molecule is NC(=O)C(c1ccccc1)c1ccc2c(=O)[nH]cnc2c1. The number of aromatic amines is 1. The number of amides is 1. The number of nitrogens with two attached hydrogens (primary N) is 1. The number of nitrogens with one attached hydrogen (secondary N) is 1. The van der Waals surface area contributed by atoms with E-state index in [1.807, 2.05) is 30.3 Å². The van der Waals surface area contributed by atoms with Crippen LogP contribution in [0.3, 0.4) is 0 Å². The van der Waals surface area contributed by atoms with Crippen LogP contribution in [-0.4, -0.2) is 15.9 Å². The number of aromatic nitrogens is 2. The Morgan fingerprint density at radius 1 is 1.10 bits per heavy atom. The smallest absolute Gasteiger partial charge is 0.258 e. The Morgan fingerprint density at radius 2 is 1.86 bits per heavy atom. The van der Waals surface area contributed by atoms with Crippen LogP contribution in [0.2, 0.25) is 0 Å². The highest BCUT2D eigenvalue weighted by molar-refractivity contribution is 5.87. The van der Waals surface area contributed by atoms with Gasteiger partial charge in [-0.05, 0) is 23.3 Å². The molecule has 104 valence electrons. The zero-order valence-corrected chi connectivity index (χ0v) is 11.1. The fourth-order valence-electron chi connectivity index (χ4n) is 2.43. The number of rotatable bonds is 3. The molecule has 0 radical (unpaired) electrons. The van der Waals surface area contributed by atoms with Gasteiger partial charge in [0.15, 0.2) is 0 Å². The number of fused-ring (bicyclic) bond motifs is 1. The molecule has 3 aromatic rings. The highest BCUT2D eigenvalue weighted by Gasteiger charge is 2.20. The first kappa shape index (κ1) is 13.1. The summed E-state index contributed by atoms with van der Waals surface area (Å²) in [7, 11) is 0. The standard InChI is InChI=1S/C16H13N3O2/c17-15(20)14(10-4-2-1-3-5-10)11-6-7-12-13(8-11)18-9-19-16(12)21/h1-9,14H,(H2,17,20)(H,18,19,21).